The minimum Gasteiger partial charge on any atom is -0.339 e. The summed E-state index contributed by atoms with van der Waals surface area (Å²) in [6, 6.07) is 3.83. The molecular weight excluding hydrogens is 436 g/mol. The van der Waals surface area contributed by atoms with Gasteiger partial charge in [0.25, 0.3) is 0 Å². The molecule has 2 amide bonds. The van der Waals surface area contributed by atoms with Gasteiger partial charge >= 0.3 is 0 Å². The number of nitrogens with zero attached hydrogens (tertiary/aromatic N) is 2. The van der Waals surface area contributed by atoms with Crippen molar-refractivity contribution < 1.29 is 9.59 Å². The lowest BCUT2D eigenvalue weighted by Crippen LogP contribution is -2.57. The Morgan fingerprint density at radius 2 is 1.82 bits per heavy atom. The van der Waals surface area contributed by atoms with Crippen molar-refractivity contribution in [2.75, 3.05) is 13.6 Å². The van der Waals surface area contributed by atoms with Crippen LogP contribution in [0.2, 0.25) is 0 Å². The predicted octanol–water partition coefficient (Wildman–Crippen LogP) is 4.68. The summed E-state index contributed by atoms with van der Waals surface area (Å²) in [5, 5.41) is 0. The molecule has 1 unspecified atom stereocenters. The van der Waals surface area contributed by atoms with E-state index in [1.807, 2.05) is 22.9 Å². The summed E-state index contributed by atoms with van der Waals surface area (Å²) in [4.78, 5) is 31.9. The fraction of sp³-hybridized carbons (Fsp3) is 0.727. The van der Waals surface area contributed by atoms with Crippen molar-refractivity contribution in [2.24, 2.45) is 23.2 Å². The number of likely N-dealkylation sites (tertiary alicyclic amines) is 1. The number of amides is 2. The zero-order valence-electron chi connectivity index (χ0n) is 16.5. The highest BCUT2D eigenvalue weighted by Crippen LogP contribution is 2.60. The highest BCUT2D eigenvalue weighted by molar-refractivity contribution is 9.11. The number of hydrogen-bond donors (Lipinski definition) is 0. The Labute approximate surface area is 179 Å². The van der Waals surface area contributed by atoms with Crippen molar-refractivity contribution in [3.05, 3.63) is 20.8 Å². The van der Waals surface area contributed by atoms with Crippen LogP contribution < -0.4 is 0 Å². The molecule has 6 rings (SSSR count). The number of halogens is 1. The van der Waals surface area contributed by atoms with Crippen LogP contribution >= 0.6 is 27.3 Å². The maximum atomic E-state index is 13.7. The summed E-state index contributed by atoms with van der Waals surface area (Å²) in [6.07, 6.45) is 9.02. The van der Waals surface area contributed by atoms with Gasteiger partial charge in [-0.3, -0.25) is 9.59 Å². The summed E-state index contributed by atoms with van der Waals surface area (Å²) in [5.41, 5.74) is -0.144. The van der Waals surface area contributed by atoms with Crippen LogP contribution in [0.3, 0.4) is 0 Å². The fourth-order valence-electron chi connectivity index (χ4n) is 6.95. The molecule has 0 N–H and O–H groups in total. The molecule has 1 saturated heterocycles. The first-order chi connectivity index (χ1) is 13.4. The van der Waals surface area contributed by atoms with Crippen LogP contribution in [0.25, 0.3) is 0 Å². The molecule has 6 heteroatoms. The van der Waals surface area contributed by atoms with Crippen molar-refractivity contribution in [2.45, 2.75) is 64.0 Å². The number of thiophene rings is 1. The van der Waals surface area contributed by atoms with Gasteiger partial charge in [0.1, 0.15) is 6.04 Å². The van der Waals surface area contributed by atoms with Gasteiger partial charge in [-0.25, -0.2) is 0 Å². The van der Waals surface area contributed by atoms with E-state index in [1.54, 1.807) is 11.3 Å². The Balaban J connectivity index is 1.31. The lowest BCUT2D eigenvalue weighted by atomic mass is 9.49. The Morgan fingerprint density at radius 3 is 2.39 bits per heavy atom. The molecule has 5 fully saturated rings. The first kappa shape index (κ1) is 19.1. The second-order valence-electron chi connectivity index (χ2n) is 9.75. The molecule has 5 aliphatic rings. The van der Waals surface area contributed by atoms with Crippen LogP contribution in [-0.4, -0.2) is 41.2 Å². The van der Waals surface area contributed by atoms with E-state index in [0.717, 1.165) is 60.2 Å². The first-order valence-corrected chi connectivity index (χ1v) is 12.3. The van der Waals surface area contributed by atoms with E-state index in [-0.39, 0.29) is 17.4 Å². The van der Waals surface area contributed by atoms with E-state index in [0.29, 0.717) is 12.5 Å². The molecular formula is C22H29BrN2O2S. The van der Waals surface area contributed by atoms with Crippen molar-refractivity contribution in [1.82, 2.24) is 9.80 Å². The van der Waals surface area contributed by atoms with Gasteiger partial charge in [-0.15, -0.1) is 11.3 Å². The average molecular weight is 465 g/mol. The maximum Gasteiger partial charge on any atom is 0.245 e. The molecule has 1 aromatic rings. The Bertz CT molecular complexity index is 756. The van der Waals surface area contributed by atoms with Crippen LogP contribution in [0.4, 0.5) is 0 Å². The van der Waals surface area contributed by atoms with Gasteiger partial charge in [0.05, 0.1) is 15.7 Å². The van der Waals surface area contributed by atoms with Crippen molar-refractivity contribution in [3.8, 4) is 0 Å². The standard InChI is InChI=1S/C22H29BrN2O2S/c1-24(13-17-4-5-19(23)28-17)20(26)18-3-2-6-25(18)21(27)22-10-14-7-15(11-22)9-16(8-14)12-22/h4-5,14-16,18H,2-3,6-13H2,1H3. The summed E-state index contributed by atoms with van der Waals surface area (Å²) < 4.78 is 1.09. The third-order valence-corrected chi connectivity index (χ3v) is 9.30. The zero-order chi connectivity index (χ0) is 19.5. The summed E-state index contributed by atoms with van der Waals surface area (Å²) in [5.74, 6) is 2.69. The highest BCUT2D eigenvalue weighted by Gasteiger charge is 2.56. The maximum absolute atomic E-state index is 13.7. The molecule has 4 bridgehead atoms. The monoisotopic (exact) mass is 464 g/mol. The SMILES string of the molecule is CN(Cc1ccc(Br)s1)C(=O)C1CCCN1C(=O)C12CC3CC(CC(C3)C1)C2. The number of carbonyl (C=O) groups is 2. The molecule has 0 aromatic carbocycles. The average Bonchev–Trinajstić information content (AvgIpc) is 3.28. The molecule has 0 radical (unpaired) electrons. The molecule has 4 saturated carbocycles. The summed E-state index contributed by atoms with van der Waals surface area (Å²) in [7, 11) is 1.88. The number of rotatable bonds is 4. The van der Waals surface area contributed by atoms with Crippen molar-refractivity contribution in [3.63, 3.8) is 0 Å². The van der Waals surface area contributed by atoms with E-state index in [9.17, 15) is 9.59 Å². The summed E-state index contributed by atoms with van der Waals surface area (Å²) >= 11 is 5.16. The number of carbonyl (C=O) groups excluding carboxylic acids is 2. The Morgan fingerprint density at radius 1 is 1.18 bits per heavy atom. The zero-order valence-corrected chi connectivity index (χ0v) is 18.9. The number of hydrogen-bond acceptors (Lipinski definition) is 3. The molecule has 4 nitrogen and oxygen atoms in total. The quantitative estimate of drug-likeness (QED) is 0.648. The van der Waals surface area contributed by atoms with Crippen molar-refractivity contribution in [1.29, 1.82) is 0 Å². The second kappa shape index (κ2) is 7.12. The van der Waals surface area contributed by atoms with Crippen LogP contribution in [0, 0.1) is 23.2 Å². The normalized spacial score (nSPS) is 36.1. The van der Waals surface area contributed by atoms with Gasteiger partial charge in [-0.05, 0) is 97.2 Å². The third-order valence-electron chi connectivity index (χ3n) is 7.69. The Kier molecular flexibility index (Phi) is 4.86. The molecule has 152 valence electrons. The molecule has 4 aliphatic carbocycles. The van der Waals surface area contributed by atoms with Crippen LogP contribution in [0.15, 0.2) is 15.9 Å². The van der Waals surface area contributed by atoms with Gasteiger partial charge in [0, 0.05) is 18.5 Å². The molecule has 1 atom stereocenters. The van der Waals surface area contributed by atoms with Gasteiger partial charge in [0.15, 0.2) is 0 Å². The third kappa shape index (κ3) is 3.24. The minimum absolute atomic E-state index is 0.111. The lowest BCUT2D eigenvalue weighted by molar-refractivity contribution is -0.161. The van der Waals surface area contributed by atoms with E-state index >= 15 is 0 Å². The van der Waals surface area contributed by atoms with Crippen molar-refractivity contribution >= 4 is 39.1 Å². The first-order valence-electron chi connectivity index (χ1n) is 10.7. The molecule has 1 aromatic heterocycles. The largest absolute Gasteiger partial charge is 0.339 e. The smallest absolute Gasteiger partial charge is 0.245 e. The van der Waals surface area contributed by atoms with Gasteiger partial charge in [-0.1, -0.05) is 0 Å². The molecule has 0 spiro atoms. The molecule has 2 heterocycles. The van der Waals surface area contributed by atoms with Gasteiger partial charge < -0.3 is 9.80 Å². The van der Waals surface area contributed by atoms with E-state index in [1.165, 1.54) is 24.1 Å². The van der Waals surface area contributed by atoms with E-state index < -0.39 is 0 Å². The second-order valence-corrected chi connectivity index (χ2v) is 12.3. The summed E-state index contributed by atoms with van der Waals surface area (Å²) in [6.45, 7) is 1.38. The molecule has 28 heavy (non-hydrogen) atoms. The topological polar surface area (TPSA) is 40.6 Å². The lowest BCUT2D eigenvalue weighted by Gasteiger charge is -2.56. The van der Waals surface area contributed by atoms with Crippen LogP contribution in [0.5, 0.6) is 0 Å². The number of likely N-dealkylation sites (N-methyl/N-ethyl adjacent to an activating group) is 1. The Hall–Kier alpha value is -0.880. The van der Waals surface area contributed by atoms with Crippen LogP contribution in [0.1, 0.15) is 56.2 Å². The van der Waals surface area contributed by atoms with E-state index in [4.69, 9.17) is 0 Å². The molecule has 1 aliphatic heterocycles. The van der Waals surface area contributed by atoms with Gasteiger partial charge in [0.2, 0.25) is 11.8 Å². The fourth-order valence-corrected chi connectivity index (χ4v) is 8.48. The highest BCUT2D eigenvalue weighted by atomic mass is 79.9. The predicted molar refractivity (Wildman–Crippen MR) is 114 cm³/mol. The van der Waals surface area contributed by atoms with Gasteiger partial charge in [-0.2, -0.15) is 0 Å². The minimum atomic E-state index is -0.256. The van der Waals surface area contributed by atoms with E-state index in [2.05, 4.69) is 22.0 Å². The van der Waals surface area contributed by atoms with Crippen LogP contribution in [-0.2, 0) is 16.1 Å².